The van der Waals surface area contributed by atoms with E-state index in [1.165, 1.54) is 34.7 Å². The normalized spacial score (nSPS) is 20.7. The first-order valence-electron chi connectivity index (χ1n) is 12.3. The molecule has 0 atom stereocenters. The molecule has 2 heterocycles. The number of aliphatic hydroxyl groups excluding tert-OH is 1. The maximum atomic E-state index is 14.0. The number of halogens is 4. The molecule has 202 valence electrons. The van der Waals surface area contributed by atoms with E-state index in [-0.39, 0.29) is 59.1 Å². The number of nitrogens with zero attached hydrogens (tertiary/aromatic N) is 4. The minimum Gasteiger partial charge on any atom is -0.406 e. The summed E-state index contributed by atoms with van der Waals surface area (Å²) in [6, 6.07) is 7.56. The number of carbonyl (C=O) groups is 2. The third-order valence-electron chi connectivity index (χ3n) is 7.17. The molecule has 38 heavy (non-hydrogen) atoms. The molecule has 1 aromatic heterocycles. The lowest BCUT2D eigenvalue weighted by atomic mass is 9.91. The fourth-order valence-electron chi connectivity index (χ4n) is 5.28. The Morgan fingerprint density at radius 2 is 1.84 bits per heavy atom. The molecule has 2 aliphatic rings. The Labute approximate surface area is 215 Å². The van der Waals surface area contributed by atoms with Crippen LogP contribution in [0.3, 0.4) is 0 Å². The number of alkyl halides is 3. The Balaban J connectivity index is 1.46. The van der Waals surface area contributed by atoms with Crippen molar-refractivity contribution in [2.75, 3.05) is 19.6 Å². The number of amides is 2. The second kappa shape index (κ2) is 9.90. The number of piperazine rings is 1. The first-order chi connectivity index (χ1) is 18.0. The Morgan fingerprint density at radius 3 is 2.50 bits per heavy atom. The number of aryl methyl sites for hydroxylation is 1. The fourth-order valence-corrected chi connectivity index (χ4v) is 5.28. The maximum absolute atomic E-state index is 14.0. The van der Waals surface area contributed by atoms with Gasteiger partial charge in [0.05, 0.1) is 17.1 Å². The van der Waals surface area contributed by atoms with E-state index in [0.29, 0.717) is 32.2 Å². The summed E-state index contributed by atoms with van der Waals surface area (Å²) in [5.41, 5.74) is 0.805. The van der Waals surface area contributed by atoms with Crippen molar-refractivity contribution in [1.82, 2.24) is 19.4 Å². The summed E-state index contributed by atoms with van der Waals surface area (Å²) in [6.07, 6.45) is -2.63. The van der Waals surface area contributed by atoms with Crippen LogP contribution in [0.4, 0.5) is 17.6 Å². The summed E-state index contributed by atoms with van der Waals surface area (Å²) in [4.78, 5) is 33.9. The van der Waals surface area contributed by atoms with Gasteiger partial charge in [-0.05, 0) is 49.4 Å². The molecule has 0 radical (unpaired) electrons. The molecule has 0 bridgehead atoms. The maximum Gasteiger partial charge on any atom is 0.573 e. The number of carbonyl (C=O) groups excluding carboxylic acids is 2. The molecule has 5 rings (SSSR count). The lowest BCUT2D eigenvalue weighted by Gasteiger charge is -2.41. The molecular weight excluding hydrogens is 508 g/mol. The molecule has 2 amide bonds. The number of aromatic nitrogens is 2. The molecule has 1 aliphatic heterocycles. The smallest absolute Gasteiger partial charge is 0.406 e. The Bertz CT molecular complexity index is 1380. The molecule has 0 spiro atoms. The van der Waals surface area contributed by atoms with Crippen LogP contribution in [0.25, 0.3) is 22.2 Å². The average Bonchev–Trinajstić information content (AvgIpc) is 3.19. The first kappa shape index (κ1) is 26.0. The van der Waals surface area contributed by atoms with Crippen LogP contribution in [-0.2, 0) is 11.8 Å². The Kier molecular flexibility index (Phi) is 6.76. The summed E-state index contributed by atoms with van der Waals surface area (Å²) < 4.78 is 58.5. The molecule has 1 saturated carbocycles. The van der Waals surface area contributed by atoms with E-state index in [9.17, 15) is 32.3 Å². The topological polar surface area (TPSA) is 87.9 Å². The number of ether oxygens (including phenoxy) is 1. The van der Waals surface area contributed by atoms with Gasteiger partial charge in [-0.2, -0.15) is 0 Å². The van der Waals surface area contributed by atoms with Gasteiger partial charge >= 0.3 is 6.36 Å². The van der Waals surface area contributed by atoms with Crippen LogP contribution in [0.15, 0.2) is 36.4 Å². The van der Waals surface area contributed by atoms with Crippen LogP contribution in [0.5, 0.6) is 5.75 Å². The van der Waals surface area contributed by atoms with Crippen molar-refractivity contribution >= 4 is 22.8 Å². The van der Waals surface area contributed by atoms with Crippen LogP contribution in [-0.4, -0.2) is 74.4 Å². The number of fused-ring (bicyclic) bond motifs is 1. The summed E-state index contributed by atoms with van der Waals surface area (Å²) in [7, 11) is 1.49. The van der Waals surface area contributed by atoms with Gasteiger partial charge in [-0.15, -0.1) is 13.2 Å². The van der Waals surface area contributed by atoms with E-state index < -0.39 is 23.8 Å². The molecule has 2 fully saturated rings. The van der Waals surface area contributed by atoms with Gasteiger partial charge in [0.15, 0.2) is 5.82 Å². The second-order valence-electron chi connectivity index (χ2n) is 9.67. The molecule has 2 aromatic carbocycles. The van der Waals surface area contributed by atoms with Gasteiger partial charge in [-0.25, -0.2) is 9.37 Å². The van der Waals surface area contributed by atoms with Gasteiger partial charge in [0.1, 0.15) is 18.1 Å². The van der Waals surface area contributed by atoms with Crippen molar-refractivity contribution < 1.29 is 37.0 Å². The Morgan fingerprint density at radius 1 is 1.11 bits per heavy atom. The number of imidazole rings is 1. The molecule has 8 nitrogen and oxygen atoms in total. The van der Waals surface area contributed by atoms with Crippen molar-refractivity contribution in [2.24, 2.45) is 7.05 Å². The molecule has 1 aliphatic carbocycles. The molecule has 1 saturated heterocycles. The summed E-state index contributed by atoms with van der Waals surface area (Å²) in [6.45, 7) is 0.458. The monoisotopic (exact) mass is 534 g/mol. The zero-order valence-electron chi connectivity index (χ0n) is 20.5. The van der Waals surface area contributed by atoms with E-state index in [4.69, 9.17) is 0 Å². The van der Waals surface area contributed by atoms with Gasteiger partial charge in [0.25, 0.3) is 5.91 Å². The number of rotatable bonds is 4. The van der Waals surface area contributed by atoms with E-state index in [0.717, 1.165) is 18.2 Å². The highest BCUT2D eigenvalue weighted by molar-refractivity contribution is 6.01. The molecule has 1 N–H and O–H groups in total. The number of hydrogen-bond acceptors (Lipinski definition) is 5. The lowest BCUT2D eigenvalue weighted by Crippen LogP contribution is -2.56. The summed E-state index contributed by atoms with van der Waals surface area (Å²) in [5, 5.41) is 9.75. The van der Waals surface area contributed by atoms with Crippen molar-refractivity contribution in [2.45, 2.75) is 44.2 Å². The van der Waals surface area contributed by atoms with Crippen LogP contribution < -0.4 is 4.74 Å². The van der Waals surface area contributed by atoms with Crippen molar-refractivity contribution in [3.63, 3.8) is 0 Å². The number of benzene rings is 2. The van der Waals surface area contributed by atoms with Crippen molar-refractivity contribution in [3.05, 3.63) is 48.0 Å². The predicted molar refractivity (Wildman–Crippen MR) is 129 cm³/mol. The predicted octanol–water partition coefficient (Wildman–Crippen LogP) is 3.87. The van der Waals surface area contributed by atoms with Crippen LogP contribution in [0, 0.1) is 5.82 Å². The number of hydrogen-bond donors (Lipinski definition) is 1. The Hall–Kier alpha value is -3.67. The van der Waals surface area contributed by atoms with Crippen molar-refractivity contribution in [1.29, 1.82) is 0 Å². The highest BCUT2D eigenvalue weighted by atomic mass is 19.4. The summed E-state index contributed by atoms with van der Waals surface area (Å²) >= 11 is 0. The van der Waals surface area contributed by atoms with Gasteiger partial charge < -0.3 is 24.2 Å². The third-order valence-corrected chi connectivity index (χ3v) is 7.17. The molecule has 12 heteroatoms. The quantitative estimate of drug-likeness (QED) is 0.514. The van der Waals surface area contributed by atoms with Gasteiger partial charge in [0.2, 0.25) is 5.91 Å². The highest BCUT2D eigenvalue weighted by Gasteiger charge is 2.36. The average molecular weight is 535 g/mol. The van der Waals surface area contributed by atoms with Crippen LogP contribution in [0.2, 0.25) is 0 Å². The van der Waals surface area contributed by atoms with Gasteiger partial charge in [-0.3, -0.25) is 9.59 Å². The largest absolute Gasteiger partial charge is 0.573 e. The van der Waals surface area contributed by atoms with Crippen molar-refractivity contribution in [3.8, 4) is 16.9 Å². The molecular formula is C26H26F4N4O4. The minimum atomic E-state index is -4.96. The minimum absolute atomic E-state index is 0.0276. The van der Waals surface area contributed by atoms with Gasteiger partial charge in [0, 0.05) is 37.8 Å². The zero-order chi connectivity index (χ0) is 27.2. The van der Waals surface area contributed by atoms with E-state index in [1.807, 2.05) is 0 Å². The molecule has 3 aromatic rings. The van der Waals surface area contributed by atoms with E-state index in [1.54, 1.807) is 4.90 Å². The van der Waals surface area contributed by atoms with Crippen LogP contribution >= 0.6 is 0 Å². The SMILES string of the molecule is Cn1c(C(=O)N2CCN(C3CCC(O)CC3)C(=O)C2)nc2c(-c3cccc(F)c3)cc(OC(F)(F)F)cc21. The summed E-state index contributed by atoms with van der Waals surface area (Å²) in [5.74, 6) is -1.93. The first-order valence-corrected chi connectivity index (χ1v) is 12.3. The lowest BCUT2D eigenvalue weighted by molar-refractivity contribution is -0.274. The number of aliphatic hydroxyl groups is 1. The van der Waals surface area contributed by atoms with E-state index in [2.05, 4.69) is 9.72 Å². The standard InChI is InChI=1S/C26H26F4N4O4/c1-32-21-13-19(38-26(28,29)30)12-20(15-3-2-4-16(27)11-15)23(21)31-24(32)25(37)33-9-10-34(22(36)14-33)17-5-7-18(35)8-6-17/h2-4,11-13,17-18,35H,5-10,14H2,1H3. The highest BCUT2D eigenvalue weighted by Crippen LogP contribution is 2.36. The fraction of sp³-hybridized carbons (Fsp3) is 0.423. The van der Waals surface area contributed by atoms with Crippen LogP contribution in [0.1, 0.15) is 36.3 Å². The second-order valence-corrected chi connectivity index (χ2v) is 9.67. The third kappa shape index (κ3) is 5.17. The van der Waals surface area contributed by atoms with E-state index >= 15 is 0 Å². The zero-order valence-corrected chi connectivity index (χ0v) is 20.5. The molecule has 0 unspecified atom stereocenters. The van der Waals surface area contributed by atoms with Gasteiger partial charge in [-0.1, -0.05) is 12.1 Å².